The molecular weight excluding hydrogens is 336 g/mol. The van der Waals surface area contributed by atoms with Crippen molar-refractivity contribution >= 4 is 22.7 Å². The first-order chi connectivity index (χ1) is 12.6. The van der Waals surface area contributed by atoms with Gasteiger partial charge in [-0.1, -0.05) is 6.07 Å². The third kappa shape index (κ3) is 4.56. The number of oxazole rings is 1. The van der Waals surface area contributed by atoms with E-state index in [4.69, 9.17) is 9.15 Å². The molecular formula is C18H18N4O4. The van der Waals surface area contributed by atoms with Crippen molar-refractivity contribution in [2.45, 2.75) is 13.5 Å². The van der Waals surface area contributed by atoms with Gasteiger partial charge in [0.2, 0.25) is 11.8 Å². The fourth-order valence-electron chi connectivity index (χ4n) is 2.28. The average molecular weight is 354 g/mol. The zero-order valence-corrected chi connectivity index (χ0v) is 14.2. The second-order valence-electron chi connectivity index (χ2n) is 5.51. The topological polar surface area (TPSA) is 106 Å². The largest absolute Gasteiger partial charge is 0.484 e. The highest BCUT2D eigenvalue weighted by atomic mass is 16.5. The molecule has 134 valence electrons. The minimum Gasteiger partial charge on any atom is -0.484 e. The first-order valence-corrected chi connectivity index (χ1v) is 8.06. The quantitative estimate of drug-likeness (QED) is 0.625. The fourth-order valence-corrected chi connectivity index (χ4v) is 2.28. The normalized spacial score (nSPS) is 10.5. The molecule has 0 saturated carbocycles. The molecule has 1 aromatic carbocycles. The number of nitrogens with one attached hydrogen (secondary N) is 2. The highest BCUT2D eigenvalue weighted by Gasteiger charge is 2.12. The molecule has 0 aliphatic heterocycles. The van der Waals surface area contributed by atoms with Crippen LogP contribution in [0.15, 0.2) is 47.2 Å². The highest BCUT2D eigenvalue weighted by Crippen LogP contribution is 2.19. The van der Waals surface area contributed by atoms with E-state index in [0.717, 1.165) is 10.9 Å². The second-order valence-corrected chi connectivity index (χ2v) is 5.51. The number of aromatic nitrogens is 2. The van der Waals surface area contributed by atoms with E-state index in [1.54, 1.807) is 6.20 Å². The number of fused-ring (bicyclic) bond motifs is 1. The standard InChI is InChI=1S/C18H18N4O4/c1-12(23)19-7-8-21-18(24)16-10-26-17(22-16)11-25-14-4-5-15-13(9-14)3-2-6-20-15/h2-6,9-10H,7-8,11H2,1H3,(H,19,23)(H,21,24). The smallest absolute Gasteiger partial charge is 0.273 e. The second kappa shape index (κ2) is 8.11. The van der Waals surface area contributed by atoms with Crippen LogP contribution >= 0.6 is 0 Å². The molecule has 3 aromatic rings. The third-order valence-electron chi connectivity index (χ3n) is 3.51. The summed E-state index contributed by atoms with van der Waals surface area (Å²) >= 11 is 0. The van der Waals surface area contributed by atoms with Crippen LogP contribution in [0, 0.1) is 0 Å². The molecule has 8 heteroatoms. The van der Waals surface area contributed by atoms with Crippen molar-refractivity contribution < 1.29 is 18.7 Å². The number of nitrogens with zero attached hydrogens (tertiary/aromatic N) is 2. The van der Waals surface area contributed by atoms with Gasteiger partial charge in [0.05, 0.1) is 5.52 Å². The van der Waals surface area contributed by atoms with E-state index in [1.807, 2.05) is 30.3 Å². The number of benzene rings is 1. The molecule has 0 spiro atoms. The van der Waals surface area contributed by atoms with Gasteiger partial charge in [-0.05, 0) is 24.3 Å². The van der Waals surface area contributed by atoms with Crippen molar-refractivity contribution in [2.75, 3.05) is 13.1 Å². The van der Waals surface area contributed by atoms with Gasteiger partial charge in [-0.2, -0.15) is 0 Å². The predicted octanol–water partition coefficient (Wildman–Crippen LogP) is 1.67. The summed E-state index contributed by atoms with van der Waals surface area (Å²) < 4.78 is 10.9. The zero-order valence-electron chi connectivity index (χ0n) is 14.2. The SMILES string of the molecule is CC(=O)NCCNC(=O)c1coc(COc2ccc3ncccc3c2)n1. The number of hydrogen-bond donors (Lipinski definition) is 2. The van der Waals surface area contributed by atoms with Crippen LogP contribution in [0.3, 0.4) is 0 Å². The van der Waals surface area contributed by atoms with Gasteiger partial charge in [0.1, 0.15) is 12.0 Å². The number of carbonyl (C=O) groups excluding carboxylic acids is 2. The first-order valence-electron chi connectivity index (χ1n) is 8.06. The van der Waals surface area contributed by atoms with E-state index in [0.29, 0.717) is 24.7 Å². The van der Waals surface area contributed by atoms with E-state index in [9.17, 15) is 9.59 Å². The van der Waals surface area contributed by atoms with Crippen LogP contribution in [-0.2, 0) is 11.4 Å². The molecule has 8 nitrogen and oxygen atoms in total. The Hall–Kier alpha value is -3.42. The van der Waals surface area contributed by atoms with E-state index in [-0.39, 0.29) is 24.1 Å². The van der Waals surface area contributed by atoms with Crippen LogP contribution in [0.4, 0.5) is 0 Å². The molecule has 0 bridgehead atoms. The van der Waals surface area contributed by atoms with Gasteiger partial charge in [0, 0.05) is 31.6 Å². The molecule has 0 aliphatic carbocycles. The monoisotopic (exact) mass is 354 g/mol. The Labute approximate surface area is 149 Å². The number of hydrogen-bond acceptors (Lipinski definition) is 6. The van der Waals surface area contributed by atoms with Gasteiger partial charge in [-0.25, -0.2) is 4.98 Å². The summed E-state index contributed by atoms with van der Waals surface area (Å²) in [5.74, 6) is 0.431. The van der Waals surface area contributed by atoms with Crippen LogP contribution in [0.1, 0.15) is 23.3 Å². The number of carbonyl (C=O) groups is 2. The fraction of sp³-hybridized carbons (Fsp3) is 0.222. The Bertz CT molecular complexity index is 922. The number of amides is 2. The van der Waals surface area contributed by atoms with Gasteiger partial charge in [0.25, 0.3) is 5.91 Å². The van der Waals surface area contributed by atoms with Crippen LogP contribution in [0.2, 0.25) is 0 Å². The molecule has 2 amide bonds. The molecule has 2 aromatic heterocycles. The van der Waals surface area contributed by atoms with Crippen molar-refractivity contribution in [3.8, 4) is 5.75 Å². The maximum absolute atomic E-state index is 11.9. The molecule has 3 rings (SSSR count). The molecule has 0 saturated heterocycles. The van der Waals surface area contributed by atoms with Crippen molar-refractivity contribution in [3.05, 3.63) is 54.4 Å². The van der Waals surface area contributed by atoms with E-state index in [2.05, 4.69) is 20.6 Å². The third-order valence-corrected chi connectivity index (χ3v) is 3.51. The van der Waals surface area contributed by atoms with Crippen molar-refractivity contribution in [1.82, 2.24) is 20.6 Å². The molecule has 2 heterocycles. The Morgan fingerprint density at radius 1 is 1.19 bits per heavy atom. The van der Waals surface area contributed by atoms with E-state index in [1.165, 1.54) is 13.2 Å². The van der Waals surface area contributed by atoms with E-state index >= 15 is 0 Å². The Morgan fingerprint density at radius 3 is 2.88 bits per heavy atom. The summed E-state index contributed by atoms with van der Waals surface area (Å²) in [5.41, 5.74) is 1.04. The molecule has 0 fully saturated rings. The van der Waals surface area contributed by atoms with Crippen LogP contribution in [-0.4, -0.2) is 34.9 Å². The molecule has 0 aliphatic rings. The van der Waals surface area contributed by atoms with Crippen LogP contribution < -0.4 is 15.4 Å². The maximum Gasteiger partial charge on any atom is 0.273 e. The first kappa shape index (κ1) is 17.4. The minimum atomic E-state index is -0.373. The van der Waals surface area contributed by atoms with Crippen molar-refractivity contribution in [3.63, 3.8) is 0 Å². The van der Waals surface area contributed by atoms with Gasteiger partial charge in [-0.3, -0.25) is 14.6 Å². The number of ether oxygens (including phenoxy) is 1. The lowest BCUT2D eigenvalue weighted by Crippen LogP contribution is -2.33. The lowest BCUT2D eigenvalue weighted by atomic mass is 10.2. The molecule has 2 N–H and O–H groups in total. The van der Waals surface area contributed by atoms with Crippen molar-refractivity contribution in [2.24, 2.45) is 0 Å². The Morgan fingerprint density at radius 2 is 2.04 bits per heavy atom. The summed E-state index contributed by atoms with van der Waals surface area (Å²) in [6, 6.07) is 9.36. The molecule has 26 heavy (non-hydrogen) atoms. The van der Waals surface area contributed by atoms with Gasteiger partial charge in [-0.15, -0.1) is 0 Å². The van der Waals surface area contributed by atoms with Crippen LogP contribution in [0.5, 0.6) is 5.75 Å². The summed E-state index contributed by atoms with van der Waals surface area (Å²) in [6.45, 7) is 2.18. The summed E-state index contributed by atoms with van der Waals surface area (Å²) in [6.07, 6.45) is 3.01. The van der Waals surface area contributed by atoms with Gasteiger partial charge < -0.3 is 19.8 Å². The summed E-state index contributed by atoms with van der Waals surface area (Å²) in [5, 5.41) is 6.19. The Balaban J connectivity index is 1.52. The van der Waals surface area contributed by atoms with Crippen molar-refractivity contribution in [1.29, 1.82) is 0 Å². The predicted molar refractivity (Wildman–Crippen MR) is 93.6 cm³/mol. The lowest BCUT2D eigenvalue weighted by Gasteiger charge is -2.04. The highest BCUT2D eigenvalue weighted by molar-refractivity contribution is 5.91. The van der Waals surface area contributed by atoms with E-state index < -0.39 is 0 Å². The average Bonchev–Trinajstić information content (AvgIpc) is 3.12. The lowest BCUT2D eigenvalue weighted by molar-refractivity contribution is -0.118. The zero-order chi connectivity index (χ0) is 18.4. The van der Waals surface area contributed by atoms with Gasteiger partial charge >= 0.3 is 0 Å². The molecule has 0 atom stereocenters. The number of pyridine rings is 1. The maximum atomic E-state index is 11.9. The molecule has 0 unspecified atom stereocenters. The van der Waals surface area contributed by atoms with Gasteiger partial charge in [0.15, 0.2) is 12.3 Å². The number of rotatable bonds is 7. The molecule has 0 radical (unpaired) electrons. The summed E-state index contributed by atoms with van der Waals surface area (Å²) in [7, 11) is 0. The van der Waals surface area contributed by atoms with Crippen LogP contribution in [0.25, 0.3) is 10.9 Å². The minimum absolute atomic E-state index is 0.102. The summed E-state index contributed by atoms with van der Waals surface area (Å²) in [4.78, 5) is 31.0. The Kier molecular flexibility index (Phi) is 5.43.